The fourth-order valence-electron chi connectivity index (χ4n) is 4.51. The van der Waals surface area contributed by atoms with Crippen molar-refractivity contribution in [3.05, 3.63) is 59.1 Å². The molecule has 174 valence electrons. The van der Waals surface area contributed by atoms with Gasteiger partial charge in [0.15, 0.2) is 0 Å². The standard InChI is InChI=1S/C26H35ClN2O3/c27-23-7-5-9-25(19-23)32-21-26(30)10-14-29(15-11-26)20-22-6-4-8-24(18-22)31-17-16-28-12-2-1-3-13-28/h4-9,18-19,30H,1-3,10-17,20-21H2. The zero-order valence-corrected chi connectivity index (χ0v) is 19.6. The highest BCUT2D eigenvalue weighted by molar-refractivity contribution is 6.30. The van der Waals surface area contributed by atoms with Gasteiger partial charge in [-0.05, 0) is 74.7 Å². The molecule has 2 heterocycles. The van der Waals surface area contributed by atoms with Crippen molar-refractivity contribution in [2.24, 2.45) is 0 Å². The van der Waals surface area contributed by atoms with E-state index in [0.717, 1.165) is 38.5 Å². The Bertz CT molecular complexity index is 848. The number of rotatable bonds is 9. The molecule has 2 aromatic carbocycles. The SMILES string of the molecule is OC1(COc2cccc(Cl)c2)CCN(Cc2cccc(OCCN3CCCCC3)c2)CC1. The molecule has 0 unspecified atom stereocenters. The first kappa shape index (κ1) is 23.4. The first-order valence-electron chi connectivity index (χ1n) is 11.9. The summed E-state index contributed by atoms with van der Waals surface area (Å²) in [7, 11) is 0. The minimum atomic E-state index is -0.793. The summed E-state index contributed by atoms with van der Waals surface area (Å²) < 4.78 is 11.8. The van der Waals surface area contributed by atoms with Crippen LogP contribution in [-0.2, 0) is 6.54 Å². The highest BCUT2D eigenvalue weighted by atomic mass is 35.5. The van der Waals surface area contributed by atoms with Gasteiger partial charge in [0.25, 0.3) is 0 Å². The van der Waals surface area contributed by atoms with Crippen LogP contribution < -0.4 is 9.47 Å². The average Bonchev–Trinajstić information content (AvgIpc) is 2.81. The lowest BCUT2D eigenvalue weighted by Crippen LogP contribution is -2.47. The fourth-order valence-corrected chi connectivity index (χ4v) is 4.69. The predicted molar refractivity (Wildman–Crippen MR) is 129 cm³/mol. The molecule has 6 heteroatoms. The monoisotopic (exact) mass is 458 g/mol. The molecular weight excluding hydrogens is 424 g/mol. The Morgan fingerprint density at radius 3 is 2.31 bits per heavy atom. The molecule has 2 aliphatic heterocycles. The molecule has 0 aliphatic carbocycles. The summed E-state index contributed by atoms with van der Waals surface area (Å²) in [4.78, 5) is 4.89. The Balaban J connectivity index is 1.20. The van der Waals surface area contributed by atoms with Gasteiger partial charge in [0.1, 0.15) is 30.3 Å². The van der Waals surface area contributed by atoms with Gasteiger partial charge in [-0.25, -0.2) is 0 Å². The van der Waals surface area contributed by atoms with Crippen molar-refractivity contribution in [1.29, 1.82) is 0 Å². The molecule has 32 heavy (non-hydrogen) atoms. The predicted octanol–water partition coefficient (Wildman–Crippen LogP) is 4.61. The highest BCUT2D eigenvalue weighted by Gasteiger charge is 2.33. The summed E-state index contributed by atoms with van der Waals surface area (Å²) in [6.07, 6.45) is 5.38. The van der Waals surface area contributed by atoms with E-state index in [-0.39, 0.29) is 0 Å². The third kappa shape index (κ3) is 7.11. The van der Waals surface area contributed by atoms with Crippen molar-refractivity contribution in [1.82, 2.24) is 9.80 Å². The van der Waals surface area contributed by atoms with E-state index >= 15 is 0 Å². The number of aliphatic hydroxyl groups is 1. The van der Waals surface area contributed by atoms with Gasteiger partial charge in [0.05, 0.1) is 0 Å². The summed E-state index contributed by atoms with van der Waals surface area (Å²) in [6, 6.07) is 15.7. The first-order valence-corrected chi connectivity index (χ1v) is 12.2. The Morgan fingerprint density at radius 1 is 0.844 bits per heavy atom. The molecule has 5 nitrogen and oxygen atoms in total. The van der Waals surface area contributed by atoms with Crippen LogP contribution in [-0.4, -0.2) is 66.4 Å². The van der Waals surface area contributed by atoms with Crippen LogP contribution in [0.4, 0.5) is 0 Å². The van der Waals surface area contributed by atoms with Crippen molar-refractivity contribution in [2.75, 3.05) is 45.9 Å². The largest absolute Gasteiger partial charge is 0.492 e. The Labute approximate surface area is 196 Å². The molecule has 0 aromatic heterocycles. The van der Waals surface area contributed by atoms with Gasteiger partial charge in [0, 0.05) is 31.2 Å². The lowest BCUT2D eigenvalue weighted by Gasteiger charge is -2.38. The van der Waals surface area contributed by atoms with Crippen molar-refractivity contribution in [2.45, 2.75) is 44.2 Å². The van der Waals surface area contributed by atoms with Crippen LogP contribution >= 0.6 is 11.6 Å². The van der Waals surface area contributed by atoms with E-state index in [0.29, 0.717) is 30.2 Å². The highest BCUT2D eigenvalue weighted by Crippen LogP contribution is 2.26. The van der Waals surface area contributed by atoms with Gasteiger partial charge in [-0.15, -0.1) is 0 Å². The van der Waals surface area contributed by atoms with Crippen LogP contribution in [0.5, 0.6) is 11.5 Å². The molecule has 0 saturated carbocycles. The number of hydrogen-bond donors (Lipinski definition) is 1. The van der Waals surface area contributed by atoms with E-state index in [9.17, 15) is 5.11 Å². The smallest absolute Gasteiger partial charge is 0.120 e. The third-order valence-electron chi connectivity index (χ3n) is 6.52. The molecule has 1 N–H and O–H groups in total. The number of halogens is 1. The van der Waals surface area contributed by atoms with Crippen molar-refractivity contribution in [3.63, 3.8) is 0 Å². The van der Waals surface area contributed by atoms with Gasteiger partial charge in [-0.3, -0.25) is 9.80 Å². The molecule has 0 atom stereocenters. The number of nitrogens with zero attached hydrogens (tertiary/aromatic N) is 2. The summed E-state index contributed by atoms with van der Waals surface area (Å²) in [6.45, 7) is 7.00. The Hall–Kier alpha value is -1.79. The van der Waals surface area contributed by atoms with Gasteiger partial charge in [-0.2, -0.15) is 0 Å². The molecular formula is C26H35ClN2O3. The fraction of sp³-hybridized carbons (Fsp3) is 0.538. The van der Waals surface area contributed by atoms with Crippen molar-refractivity contribution < 1.29 is 14.6 Å². The molecule has 2 saturated heterocycles. The zero-order chi connectivity index (χ0) is 22.2. The van der Waals surface area contributed by atoms with E-state index in [1.807, 2.05) is 24.3 Å². The van der Waals surface area contributed by atoms with Crippen LogP contribution in [0.1, 0.15) is 37.7 Å². The van der Waals surface area contributed by atoms with E-state index in [4.69, 9.17) is 21.1 Å². The summed E-state index contributed by atoms with van der Waals surface area (Å²) in [5.41, 5.74) is 0.458. The molecule has 2 fully saturated rings. The molecule has 0 spiro atoms. The Kier molecular flexibility index (Phi) is 8.31. The van der Waals surface area contributed by atoms with E-state index in [1.165, 1.54) is 37.9 Å². The summed E-state index contributed by atoms with van der Waals surface area (Å²) >= 11 is 6.01. The van der Waals surface area contributed by atoms with Crippen molar-refractivity contribution in [3.8, 4) is 11.5 Å². The molecule has 0 bridgehead atoms. The second kappa shape index (κ2) is 11.4. The number of ether oxygens (including phenoxy) is 2. The molecule has 4 rings (SSSR count). The van der Waals surface area contributed by atoms with E-state index in [2.05, 4.69) is 28.0 Å². The van der Waals surface area contributed by atoms with Crippen LogP contribution in [0.3, 0.4) is 0 Å². The minimum Gasteiger partial charge on any atom is -0.492 e. The third-order valence-corrected chi connectivity index (χ3v) is 6.76. The number of piperidine rings is 2. The second-order valence-corrected chi connectivity index (χ2v) is 9.58. The summed E-state index contributed by atoms with van der Waals surface area (Å²) in [5.74, 6) is 1.65. The molecule has 0 radical (unpaired) electrons. The molecule has 2 aromatic rings. The maximum atomic E-state index is 10.9. The van der Waals surface area contributed by atoms with Gasteiger partial charge < -0.3 is 14.6 Å². The van der Waals surface area contributed by atoms with Gasteiger partial charge >= 0.3 is 0 Å². The summed E-state index contributed by atoms with van der Waals surface area (Å²) in [5, 5.41) is 11.6. The molecule has 2 aliphatic rings. The van der Waals surface area contributed by atoms with Crippen LogP contribution in [0.15, 0.2) is 48.5 Å². The second-order valence-electron chi connectivity index (χ2n) is 9.14. The normalized spacial score (nSPS) is 19.6. The zero-order valence-electron chi connectivity index (χ0n) is 18.8. The number of benzene rings is 2. The van der Waals surface area contributed by atoms with E-state index < -0.39 is 5.60 Å². The maximum absolute atomic E-state index is 10.9. The van der Waals surface area contributed by atoms with E-state index in [1.54, 1.807) is 6.07 Å². The van der Waals surface area contributed by atoms with Gasteiger partial charge in [-0.1, -0.05) is 36.2 Å². The quantitative estimate of drug-likeness (QED) is 0.594. The first-order chi connectivity index (χ1) is 15.6. The maximum Gasteiger partial charge on any atom is 0.120 e. The lowest BCUT2D eigenvalue weighted by atomic mass is 9.92. The number of likely N-dealkylation sites (tertiary alicyclic amines) is 2. The van der Waals surface area contributed by atoms with Crippen molar-refractivity contribution >= 4 is 11.6 Å². The average molecular weight is 459 g/mol. The molecule has 0 amide bonds. The topological polar surface area (TPSA) is 45.2 Å². The van der Waals surface area contributed by atoms with Crippen LogP contribution in [0.2, 0.25) is 5.02 Å². The van der Waals surface area contributed by atoms with Crippen LogP contribution in [0.25, 0.3) is 0 Å². The minimum absolute atomic E-state index is 0.293. The number of hydrogen-bond acceptors (Lipinski definition) is 5. The van der Waals surface area contributed by atoms with Gasteiger partial charge in [0.2, 0.25) is 0 Å². The van der Waals surface area contributed by atoms with Crippen LogP contribution in [0, 0.1) is 0 Å². The lowest BCUT2D eigenvalue weighted by molar-refractivity contribution is -0.0537. The Morgan fingerprint density at radius 2 is 1.56 bits per heavy atom.